The van der Waals surface area contributed by atoms with Crippen LogP contribution in [0, 0.1) is 5.41 Å². The van der Waals surface area contributed by atoms with Gasteiger partial charge in [-0.15, -0.1) is 11.3 Å². The molecular weight excluding hydrogens is 302 g/mol. The monoisotopic (exact) mass is 321 g/mol. The Balaban J connectivity index is 1.92. The van der Waals surface area contributed by atoms with Crippen LogP contribution in [0.3, 0.4) is 0 Å². The van der Waals surface area contributed by atoms with Gasteiger partial charge in [0.2, 0.25) is 11.7 Å². The molecule has 0 saturated heterocycles. The molecule has 1 amide bonds. The van der Waals surface area contributed by atoms with Gasteiger partial charge in [0.1, 0.15) is 0 Å². The Labute approximate surface area is 133 Å². The largest absolute Gasteiger partial charge is 0.351 e. The van der Waals surface area contributed by atoms with E-state index in [1.807, 2.05) is 49.7 Å². The lowest BCUT2D eigenvalue weighted by molar-refractivity contribution is -0.122. The maximum absolute atomic E-state index is 12.2. The van der Waals surface area contributed by atoms with Crippen molar-refractivity contribution in [3.05, 3.63) is 44.3 Å². The Bertz CT molecular complexity index is 621. The Morgan fingerprint density at radius 1 is 1.19 bits per heavy atom. The molecule has 2 rings (SSSR count). The van der Waals surface area contributed by atoms with Crippen LogP contribution in [-0.2, 0) is 11.3 Å². The molecule has 5 heteroatoms. The van der Waals surface area contributed by atoms with Gasteiger partial charge in [0, 0.05) is 22.2 Å². The van der Waals surface area contributed by atoms with Crippen LogP contribution in [0.5, 0.6) is 0 Å². The summed E-state index contributed by atoms with van der Waals surface area (Å²) in [5, 5.41) is 6.66. The molecule has 3 nitrogen and oxygen atoms in total. The van der Waals surface area contributed by atoms with E-state index in [0.717, 1.165) is 10.4 Å². The van der Waals surface area contributed by atoms with E-state index in [-0.39, 0.29) is 17.1 Å². The first-order valence-electron chi connectivity index (χ1n) is 6.77. The summed E-state index contributed by atoms with van der Waals surface area (Å²) >= 11 is 2.96. The van der Waals surface area contributed by atoms with Crippen LogP contribution >= 0.6 is 22.7 Å². The van der Waals surface area contributed by atoms with E-state index >= 15 is 0 Å². The molecule has 2 aromatic heterocycles. The summed E-state index contributed by atoms with van der Waals surface area (Å²) in [7, 11) is 0. The topological polar surface area (TPSA) is 46.2 Å². The zero-order valence-corrected chi connectivity index (χ0v) is 14.1. The molecule has 0 atom stereocenters. The molecule has 0 aliphatic carbocycles. The highest BCUT2D eigenvalue weighted by atomic mass is 32.1. The lowest BCUT2D eigenvalue weighted by Crippen LogP contribution is -2.26. The maximum atomic E-state index is 12.2. The van der Waals surface area contributed by atoms with Gasteiger partial charge in [-0.25, -0.2) is 0 Å². The van der Waals surface area contributed by atoms with Crippen molar-refractivity contribution in [1.82, 2.24) is 5.32 Å². The van der Waals surface area contributed by atoms with Gasteiger partial charge in [-0.1, -0.05) is 20.8 Å². The Morgan fingerprint density at radius 3 is 2.57 bits per heavy atom. The average Bonchev–Trinajstić information content (AvgIpc) is 3.05. The molecule has 0 radical (unpaired) electrons. The standard InChI is InChI=1S/C16H19NO2S2/c1-16(2,3)8-14(18)17-9-12-4-5-13(21-12)15(19)11-6-7-20-10-11/h4-7,10H,8-9H2,1-3H3,(H,17,18). The maximum Gasteiger partial charge on any atom is 0.220 e. The van der Waals surface area contributed by atoms with Gasteiger partial charge in [0.25, 0.3) is 0 Å². The first kappa shape index (κ1) is 15.9. The van der Waals surface area contributed by atoms with Crippen molar-refractivity contribution in [3.8, 4) is 0 Å². The summed E-state index contributed by atoms with van der Waals surface area (Å²) in [5.74, 6) is 0.0927. The Hall–Kier alpha value is -1.46. The molecule has 0 bridgehead atoms. The predicted octanol–water partition coefficient (Wildman–Crippen LogP) is 4.09. The molecular formula is C16H19NO2S2. The summed E-state index contributed by atoms with van der Waals surface area (Å²) in [6, 6.07) is 5.56. The van der Waals surface area contributed by atoms with Crippen molar-refractivity contribution < 1.29 is 9.59 Å². The summed E-state index contributed by atoms with van der Waals surface area (Å²) < 4.78 is 0. The fraction of sp³-hybridized carbons (Fsp3) is 0.375. The van der Waals surface area contributed by atoms with Crippen molar-refractivity contribution in [2.75, 3.05) is 0 Å². The van der Waals surface area contributed by atoms with Gasteiger partial charge in [0.05, 0.1) is 11.4 Å². The number of nitrogens with one attached hydrogen (secondary N) is 1. The van der Waals surface area contributed by atoms with E-state index in [0.29, 0.717) is 17.8 Å². The van der Waals surface area contributed by atoms with Crippen LogP contribution in [0.2, 0.25) is 0 Å². The smallest absolute Gasteiger partial charge is 0.220 e. The number of rotatable bonds is 5. The predicted molar refractivity (Wildman–Crippen MR) is 88.0 cm³/mol. The molecule has 21 heavy (non-hydrogen) atoms. The first-order chi connectivity index (χ1) is 9.85. The molecule has 2 heterocycles. The number of thiophene rings is 2. The minimum absolute atomic E-state index is 0.0143. The van der Waals surface area contributed by atoms with Gasteiger partial charge >= 0.3 is 0 Å². The lowest BCUT2D eigenvalue weighted by Gasteiger charge is -2.16. The van der Waals surface area contributed by atoms with Crippen LogP contribution in [0.15, 0.2) is 29.0 Å². The second-order valence-corrected chi connectivity index (χ2v) is 8.07. The third-order valence-electron chi connectivity index (χ3n) is 2.82. The molecule has 0 aromatic carbocycles. The third kappa shape index (κ3) is 4.79. The zero-order valence-electron chi connectivity index (χ0n) is 12.4. The van der Waals surface area contributed by atoms with Gasteiger partial charge in [0.15, 0.2) is 0 Å². The molecule has 2 aromatic rings. The van der Waals surface area contributed by atoms with E-state index in [1.165, 1.54) is 22.7 Å². The molecule has 0 aliphatic rings. The minimum Gasteiger partial charge on any atom is -0.351 e. The van der Waals surface area contributed by atoms with Crippen molar-refractivity contribution in [1.29, 1.82) is 0 Å². The van der Waals surface area contributed by atoms with Gasteiger partial charge in [-0.2, -0.15) is 11.3 Å². The van der Waals surface area contributed by atoms with Crippen molar-refractivity contribution in [3.63, 3.8) is 0 Å². The van der Waals surface area contributed by atoms with Crippen molar-refractivity contribution >= 4 is 34.4 Å². The summed E-state index contributed by atoms with van der Waals surface area (Å²) in [6.07, 6.45) is 0.499. The highest BCUT2D eigenvalue weighted by molar-refractivity contribution is 7.14. The summed E-state index contributed by atoms with van der Waals surface area (Å²) in [4.78, 5) is 25.7. The second-order valence-electron chi connectivity index (χ2n) is 6.12. The van der Waals surface area contributed by atoms with Crippen LogP contribution < -0.4 is 5.32 Å². The second kappa shape index (κ2) is 6.54. The SMILES string of the molecule is CC(C)(C)CC(=O)NCc1ccc(C(=O)c2ccsc2)s1. The van der Waals surface area contributed by atoms with E-state index in [9.17, 15) is 9.59 Å². The summed E-state index contributed by atoms with van der Waals surface area (Å²) in [6.45, 7) is 6.59. The van der Waals surface area contributed by atoms with Gasteiger partial charge in [-0.3, -0.25) is 9.59 Å². The number of carbonyl (C=O) groups is 2. The van der Waals surface area contributed by atoms with E-state index in [4.69, 9.17) is 0 Å². The van der Waals surface area contributed by atoms with Crippen LogP contribution in [-0.4, -0.2) is 11.7 Å². The number of ketones is 1. The number of hydrogen-bond donors (Lipinski definition) is 1. The quantitative estimate of drug-likeness (QED) is 0.843. The normalized spacial score (nSPS) is 11.4. The Kier molecular flexibility index (Phi) is 4.96. The first-order valence-corrected chi connectivity index (χ1v) is 8.53. The molecule has 0 spiro atoms. The van der Waals surface area contributed by atoms with Crippen molar-refractivity contribution in [2.24, 2.45) is 5.41 Å². The minimum atomic E-state index is -0.0143. The van der Waals surface area contributed by atoms with Crippen LogP contribution in [0.25, 0.3) is 0 Å². The van der Waals surface area contributed by atoms with Crippen molar-refractivity contribution in [2.45, 2.75) is 33.7 Å². The summed E-state index contributed by atoms with van der Waals surface area (Å²) in [5.41, 5.74) is 0.713. The third-order valence-corrected chi connectivity index (χ3v) is 4.59. The molecule has 112 valence electrons. The number of amides is 1. The van der Waals surface area contributed by atoms with Crippen LogP contribution in [0.4, 0.5) is 0 Å². The van der Waals surface area contributed by atoms with Gasteiger partial charge < -0.3 is 5.32 Å². The number of carbonyl (C=O) groups excluding carboxylic acids is 2. The van der Waals surface area contributed by atoms with E-state index in [2.05, 4.69) is 5.32 Å². The lowest BCUT2D eigenvalue weighted by atomic mass is 9.92. The fourth-order valence-electron chi connectivity index (χ4n) is 1.86. The number of hydrogen-bond acceptors (Lipinski definition) is 4. The molecule has 0 aliphatic heterocycles. The van der Waals surface area contributed by atoms with E-state index in [1.54, 1.807) is 0 Å². The fourth-order valence-corrected chi connectivity index (χ4v) is 3.41. The zero-order chi connectivity index (χ0) is 15.5. The van der Waals surface area contributed by atoms with Crippen LogP contribution in [0.1, 0.15) is 47.3 Å². The Morgan fingerprint density at radius 2 is 1.95 bits per heavy atom. The van der Waals surface area contributed by atoms with E-state index < -0.39 is 0 Å². The molecule has 0 unspecified atom stereocenters. The molecule has 0 fully saturated rings. The molecule has 0 saturated carbocycles. The highest BCUT2D eigenvalue weighted by Gasteiger charge is 2.16. The highest BCUT2D eigenvalue weighted by Crippen LogP contribution is 2.22. The van der Waals surface area contributed by atoms with Gasteiger partial charge in [-0.05, 0) is 29.0 Å². The average molecular weight is 321 g/mol. The molecule has 1 N–H and O–H groups in total.